The van der Waals surface area contributed by atoms with Crippen molar-refractivity contribution in [3.8, 4) is 11.5 Å². The van der Waals surface area contributed by atoms with Gasteiger partial charge in [0.2, 0.25) is 0 Å². The highest BCUT2D eigenvalue weighted by Gasteiger charge is 2.34. The zero-order valence-corrected chi connectivity index (χ0v) is 28.9. The van der Waals surface area contributed by atoms with Crippen molar-refractivity contribution in [2.24, 2.45) is 0 Å². The number of carbonyl (C=O) groups excluding carboxylic acids is 1. The number of unbranched alkanes of at least 4 members (excludes halogenated alkanes) is 1. The minimum atomic E-state index is -3.54. The molecule has 0 aromatic heterocycles. The highest BCUT2D eigenvalue weighted by Crippen LogP contribution is 2.33. The van der Waals surface area contributed by atoms with Crippen molar-refractivity contribution in [2.75, 3.05) is 24.7 Å². The Kier molecular flexibility index (Phi) is 12.8. The van der Waals surface area contributed by atoms with Crippen molar-refractivity contribution in [1.29, 1.82) is 0 Å². The lowest BCUT2D eigenvalue weighted by atomic mass is 10.1. The highest BCUT2D eigenvalue weighted by atomic mass is 28.4. The zero-order valence-electron chi connectivity index (χ0n) is 26.9. The maximum atomic E-state index is 14.9. The van der Waals surface area contributed by atoms with Gasteiger partial charge >= 0.3 is 12.1 Å². The number of rotatable bonds is 17. The first-order valence-electron chi connectivity index (χ1n) is 15.2. The number of alkyl halides is 2. The van der Waals surface area contributed by atoms with Crippen LogP contribution in [0.5, 0.6) is 11.5 Å². The van der Waals surface area contributed by atoms with E-state index in [0.717, 1.165) is 30.9 Å². The average Bonchev–Trinajstić information content (AvgIpc) is 2.94. The van der Waals surface area contributed by atoms with Crippen LogP contribution < -0.4 is 20.9 Å². The first kappa shape index (κ1) is 35.8. The second kappa shape index (κ2) is 16.1. The van der Waals surface area contributed by atoms with Crippen LogP contribution in [-0.4, -0.2) is 35.8 Å². The highest BCUT2D eigenvalue weighted by molar-refractivity contribution is 6.84. The second-order valence-electron chi connectivity index (χ2n) is 12.6. The van der Waals surface area contributed by atoms with Gasteiger partial charge in [-0.1, -0.05) is 18.2 Å². The lowest BCUT2D eigenvalue weighted by Crippen LogP contribution is -2.42. The molecular formula is C34H46F2N2O5Si2. The van der Waals surface area contributed by atoms with Crippen LogP contribution in [0.1, 0.15) is 36.0 Å². The maximum Gasteiger partial charge on any atom is 0.426 e. The van der Waals surface area contributed by atoms with Crippen molar-refractivity contribution < 1.29 is 31.9 Å². The largest absolute Gasteiger partial charge is 0.494 e. The van der Waals surface area contributed by atoms with E-state index in [1.54, 1.807) is 24.3 Å². The Morgan fingerprint density at radius 1 is 0.844 bits per heavy atom. The first-order chi connectivity index (χ1) is 21.1. The molecule has 0 aliphatic rings. The van der Waals surface area contributed by atoms with Crippen LogP contribution >= 0.6 is 0 Å². The van der Waals surface area contributed by atoms with E-state index in [1.165, 1.54) is 42.5 Å². The van der Waals surface area contributed by atoms with Crippen LogP contribution in [0.2, 0.25) is 38.8 Å². The molecule has 3 aromatic carbocycles. The third-order valence-electron chi connectivity index (χ3n) is 6.76. The summed E-state index contributed by atoms with van der Waals surface area (Å²) in [4.78, 5) is 12.1. The molecule has 3 aromatic rings. The van der Waals surface area contributed by atoms with Gasteiger partial charge < -0.3 is 29.8 Å². The molecule has 3 rings (SSSR count). The van der Waals surface area contributed by atoms with Gasteiger partial charge in [0.15, 0.2) is 16.6 Å². The van der Waals surface area contributed by atoms with Crippen molar-refractivity contribution in [1.82, 2.24) is 0 Å². The molecule has 0 amide bonds. The van der Waals surface area contributed by atoms with Gasteiger partial charge in [-0.15, -0.1) is 0 Å². The van der Waals surface area contributed by atoms with Gasteiger partial charge in [-0.2, -0.15) is 8.78 Å². The monoisotopic (exact) mass is 656 g/mol. The third kappa shape index (κ3) is 13.1. The first-order valence-corrected chi connectivity index (χ1v) is 21.7. The van der Waals surface area contributed by atoms with E-state index in [-0.39, 0.29) is 17.9 Å². The normalized spacial score (nSPS) is 12.3. The zero-order chi connectivity index (χ0) is 33.1. The summed E-state index contributed by atoms with van der Waals surface area (Å²) in [6.45, 7) is 11.8. The molecule has 0 radical (unpaired) electrons. The summed E-state index contributed by atoms with van der Waals surface area (Å²) in [5.41, 5.74) is 14.3. The molecule has 0 bridgehead atoms. The molecule has 244 valence electrons. The van der Waals surface area contributed by atoms with Gasteiger partial charge in [-0.05, 0) is 130 Å². The molecule has 0 atom stereocenters. The Hall–Kier alpha value is -3.68. The smallest absolute Gasteiger partial charge is 0.426 e. The van der Waals surface area contributed by atoms with E-state index in [2.05, 4.69) is 32.7 Å². The molecule has 0 spiro atoms. The van der Waals surface area contributed by atoms with Crippen LogP contribution in [0.25, 0.3) is 6.08 Å². The third-order valence-corrected chi connectivity index (χ3v) is 13.0. The van der Waals surface area contributed by atoms with Gasteiger partial charge in [0.25, 0.3) is 0 Å². The van der Waals surface area contributed by atoms with Crippen molar-refractivity contribution in [2.45, 2.75) is 70.6 Å². The summed E-state index contributed by atoms with van der Waals surface area (Å²) < 4.78 is 52.1. The van der Waals surface area contributed by atoms with E-state index in [1.807, 2.05) is 12.1 Å². The SMILES string of the molecule is C[Si](C)(C)O[Si](C)(C)CCCOc1ccc(C(F)(F)Oc2ccc(/C=C/C(=O)OCCCCc3ccc(N)cc3N)cc2)cc1. The van der Waals surface area contributed by atoms with E-state index < -0.39 is 28.7 Å². The number of halogens is 2. The Morgan fingerprint density at radius 2 is 1.51 bits per heavy atom. The molecule has 0 aliphatic carbocycles. The number of benzene rings is 3. The van der Waals surface area contributed by atoms with Crippen LogP contribution in [0.3, 0.4) is 0 Å². The van der Waals surface area contributed by atoms with Gasteiger partial charge in [0, 0.05) is 17.5 Å². The molecular weight excluding hydrogens is 611 g/mol. The number of ether oxygens (including phenoxy) is 3. The fraction of sp³-hybridized carbons (Fsp3) is 0.382. The summed E-state index contributed by atoms with van der Waals surface area (Å²) in [6.07, 6.45) is 2.43. The van der Waals surface area contributed by atoms with Gasteiger partial charge in [0.1, 0.15) is 11.5 Å². The van der Waals surface area contributed by atoms with Crippen LogP contribution in [-0.2, 0) is 26.2 Å². The predicted octanol–water partition coefficient (Wildman–Crippen LogP) is 8.38. The minimum absolute atomic E-state index is 0.00545. The number of aryl methyl sites for hydroxylation is 1. The van der Waals surface area contributed by atoms with Crippen LogP contribution in [0.4, 0.5) is 20.2 Å². The Bertz CT molecular complexity index is 1410. The quantitative estimate of drug-likeness (QED) is 0.0494. The summed E-state index contributed by atoms with van der Waals surface area (Å²) in [6, 6.07) is 18.1. The van der Waals surface area contributed by atoms with E-state index >= 15 is 0 Å². The Morgan fingerprint density at radius 3 is 2.16 bits per heavy atom. The molecule has 11 heteroatoms. The summed E-state index contributed by atoms with van der Waals surface area (Å²) in [7, 11) is -3.33. The van der Waals surface area contributed by atoms with E-state index in [9.17, 15) is 13.6 Å². The molecule has 0 heterocycles. The van der Waals surface area contributed by atoms with Gasteiger partial charge in [-0.25, -0.2) is 4.79 Å². The summed E-state index contributed by atoms with van der Waals surface area (Å²) in [5.74, 6) is 0.0373. The predicted molar refractivity (Wildman–Crippen MR) is 182 cm³/mol. The molecule has 0 aliphatic heterocycles. The lowest BCUT2D eigenvalue weighted by Gasteiger charge is -2.31. The number of nitrogens with two attached hydrogens (primary N) is 2. The number of esters is 1. The molecule has 45 heavy (non-hydrogen) atoms. The average molecular weight is 657 g/mol. The summed E-state index contributed by atoms with van der Waals surface area (Å²) >= 11 is 0. The van der Waals surface area contributed by atoms with Crippen LogP contribution in [0, 0.1) is 0 Å². The molecule has 4 N–H and O–H groups in total. The number of nitrogen functional groups attached to an aromatic ring is 2. The van der Waals surface area contributed by atoms with Gasteiger partial charge in [0.05, 0.1) is 18.8 Å². The molecule has 7 nitrogen and oxygen atoms in total. The second-order valence-corrected chi connectivity index (χ2v) is 21.6. The number of anilines is 2. The topological polar surface area (TPSA) is 106 Å². The molecule has 0 saturated carbocycles. The Balaban J connectivity index is 1.39. The van der Waals surface area contributed by atoms with E-state index in [4.69, 9.17) is 29.8 Å². The maximum absolute atomic E-state index is 14.9. The fourth-order valence-electron chi connectivity index (χ4n) is 4.81. The van der Waals surface area contributed by atoms with Crippen molar-refractivity contribution in [3.63, 3.8) is 0 Å². The number of hydrogen-bond acceptors (Lipinski definition) is 7. The van der Waals surface area contributed by atoms with Crippen LogP contribution in [0.15, 0.2) is 72.8 Å². The molecule has 0 saturated heterocycles. The summed E-state index contributed by atoms with van der Waals surface area (Å²) in [5, 5.41) is 0. The minimum Gasteiger partial charge on any atom is -0.494 e. The van der Waals surface area contributed by atoms with Crippen molar-refractivity contribution in [3.05, 3.63) is 89.5 Å². The van der Waals surface area contributed by atoms with Crippen molar-refractivity contribution >= 4 is 40.1 Å². The molecule has 0 fully saturated rings. The lowest BCUT2D eigenvalue weighted by molar-refractivity contribution is -0.185. The number of hydrogen-bond donors (Lipinski definition) is 2. The number of carbonyl (C=O) groups is 1. The van der Waals surface area contributed by atoms with Gasteiger partial charge in [-0.3, -0.25) is 0 Å². The van der Waals surface area contributed by atoms with E-state index in [0.29, 0.717) is 35.7 Å². The standard InChI is InChI=1S/C34H46F2N2O5Si2/c1-44(2,3)43-45(4,5)24-8-23-40-30-19-14-28(15-20-30)34(35,36)42-31-17-10-26(11-18-31)12-21-33(39)41-22-7-6-9-27-13-16-29(37)25-32(27)38/h10-21,25H,6-9,22-24,37-38H2,1-5H3/b21-12+. The molecule has 0 unspecified atom stereocenters. The Labute approximate surface area is 267 Å². The fourth-order valence-corrected chi connectivity index (χ4v) is 12.8.